The Balaban J connectivity index is 1.97. The fourth-order valence-corrected chi connectivity index (χ4v) is 2.88. The van der Waals surface area contributed by atoms with Gasteiger partial charge in [0.05, 0.1) is 12.1 Å². The molecule has 9 heteroatoms. The van der Waals surface area contributed by atoms with E-state index in [4.69, 9.17) is 5.26 Å². The molecule has 1 saturated heterocycles. The van der Waals surface area contributed by atoms with Crippen LogP contribution in [-0.4, -0.2) is 47.3 Å². The van der Waals surface area contributed by atoms with Crippen molar-refractivity contribution in [2.24, 2.45) is 0 Å². The molecule has 0 aromatic carbocycles. The topological polar surface area (TPSA) is 56.1 Å². The van der Waals surface area contributed by atoms with Gasteiger partial charge in [-0.05, 0) is 6.42 Å². The maximum Gasteiger partial charge on any atom is 0.445 e. The third kappa shape index (κ3) is 3.19. The molecule has 5 nitrogen and oxygen atoms in total. The van der Waals surface area contributed by atoms with Gasteiger partial charge in [0, 0.05) is 26.2 Å². The minimum atomic E-state index is -4.44. The Bertz CT molecular complexity index is 487. The Kier molecular flexibility index (Phi) is 4.45. The first-order valence-corrected chi connectivity index (χ1v) is 7.06. The number of halogens is 3. The van der Waals surface area contributed by atoms with Crippen molar-refractivity contribution in [1.82, 2.24) is 15.1 Å². The molecule has 1 fully saturated rings. The molecule has 1 atom stereocenters. The van der Waals surface area contributed by atoms with Crippen LogP contribution in [0.4, 0.5) is 18.3 Å². The van der Waals surface area contributed by atoms with Gasteiger partial charge in [0.25, 0.3) is 0 Å². The highest BCUT2D eigenvalue weighted by atomic mass is 32.1. The van der Waals surface area contributed by atoms with Crippen molar-refractivity contribution in [2.45, 2.75) is 25.6 Å². The highest BCUT2D eigenvalue weighted by Crippen LogP contribution is 2.34. The SMILES string of the molecule is CCC(C#N)N1CCN(c2nnc(C(F)(F)F)s2)CC1. The molecule has 0 aliphatic carbocycles. The molecule has 20 heavy (non-hydrogen) atoms. The van der Waals surface area contributed by atoms with Gasteiger partial charge in [-0.1, -0.05) is 18.3 Å². The number of hydrogen-bond donors (Lipinski definition) is 0. The van der Waals surface area contributed by atoms with Crippen molar-refractivity contribution >= 4 is 16.5 Å². The van der Waals surface area contributed by atoms with E-state index in [2.05, 4.69) is 16.3 Å². The molecule has 2 heterocycles. The van der Waals surface area contributed by atoms with E-state index >= 15 is 0 Å². The Morgan fingerprint density at radius 3 is 2.40 bits per heavy atom. The number of nitriles is 1. The van der Waals surface area contributed by atoms with Crippen LogP contribution in [0, 0.1) is 11.3 Å². The first-order valence-electron chi connectivity index (χ1n) is 6.25. The van der Waals surface area contributed by atoms with Crippen LogP contribution in [0.25, 0.3) is 0 Å². The summed E-state index contributed by atoms with van der Waals surface area (Å²) in [5.74, 6) is 0. The number of piperazine rings is 1. The van der Waals surface area contributed by atoms with Gasteiger partial charge in [-0.25, -0.2) is 0 Å². The number of anilines is 1. The number of aromatic nitrogens is 2. The number of rotatable bonds is 3. The lowest BCUT2D eigenvalue weighted by atomic mass is 10.2. The zero-order chi connectivity index (χ0) is 14.8. The number of hydrogen-bond acceptors (Lipinski definition) is 6. The van der Waals surface area contributed by atoms with Gasteiger partial charge < -0.3 is 4.90 Å². The summed E-state index contributed by atoms with van der Waals surface area (Å²) in [5, 5.41) is 15.2. The second-order valence-electron chi connectivity index (χ2n) is 4.46. The van der Waals surface area contributed by atoms with Crippen LogP contribution in [-0.2, 0) is 6.18 Å². The van der Waals surface area contributed by atoms with E-state index in [1.807, 2.05) is 11.8 Å². The third-order valence-corrected chi connectivity index (χ3v) is 4.25. The molecule has 1 aromatic heterocycles. The second-order valence-corrected chi connectivity index (χ2v) is 5.42. The Hall–Kier alpha value is -1.40. The van der Waals surface area contributed by atoms with Crippen LogP contribution in [0.5, 0.6) is 0 Å². The molecule has 0 N–H and O–H groups in total. The molecular weight excluding hydrogens is 291 g/mol. The minimum Gasteiger partial charge on any atom is -0.344 e. The Labute approximate surface area is 118 Å². The van der Waals surface area contributed by atoms with Crippen LogP contribution in [0.2, 0.25) is 0 Å². The lowest BCUT2D eigenvalue weighted by Crippen LogP contribution is -2.49. The number of alkyl halides is 3. The summed E-state index contributed by atoms with van der Waals surface area (Å²) in [7, 11) is 0. The highest BCUT2D eigenvalue weighted by molar-refractivity contribution is 7.15. The standard InChI is InChI=1S/C11H14F3N5S/c1-2-8(7-15)18-3-5-19(6-4-18)10-17-16-9(20-10)11(12,13)14/h8H,2-6H2,1H3. The zero-order valence-corrected chi connectivity index (χ0v) is 11.7. The van der Waals surface area contributed by atoms with Gasteiger partial charge in [0.1, 0.15) is 0 Å². The molecule has 2 rings (SSSR count). The zero-order valence-electron chi connectivity index (χ0n) is 10.9. The van der Waals surface area contributed by atoms with Crippen molar-refractivity contribution in [3.8, 4) is 6.07 Å². The van der Waals surface area contributed by atoms with Crippen LogP contribution >= 0.6 is 11.3 Å². The van der Waals surface area contributed by atoms with Crippen LogP contribution in [0.1, 0.15) is 18.4 Å². The quantitative estimate of drug-likeness (QED) is 0.854. The van der Waals surface area contributed by atoms with Crippen molar-refractivity contribution in [2.75, 3.05) is 31.1 Å². The summed E-state index contributed by atoms with van der Waals surface area (Å²) in [4.78, 5) is 3.83. The maximum absolute atomic E-state index is 12.5. The molecule has 1 aliphatic rings. The van der Waals surface area contributed by atoms with E-state index < -0.39 is 11.2 Å². The molecule has 1 aromatic rings. The van der Waals surface area contributed by atoms with Crippen molar-refractivity contribution in [1.29, 1.82) is 5.26 Å². The second kappa shape index (κ2) is 5.93. The van der Waals surface area contributed by atoms with E-state index in [1.54, 1.807) is 4.90 Å². The van der Waals surface area contributed by atoms with E-state index in [0.29, 0.717) is 42.6 Å². The summed E-state index contributed by atoms with van der Waals surface area (Å²) in [6.45, 7) is 4.36. The van der Waals surface area contributed by atoms with Crippen LogP contribution in [0.3, 0.4) is 0 Å². The summed E-state index contributed by atoms with van der Waals surface area (Å²) >= 11 is 0.563. The molecule has 110 valence electrons. The average Bonchev–Trinajstić information content (AvgIpc) is 2.90. The van der Waals surface area contributed by atoms with Gasteiger partial charge in [-0.2, -0.15) is 18.4 Å². The predicted molar refractivity (Wildman–Crippen MR) is 68.4 cm³/mol. The van der Waals surface area contributed by atoms with E-state index in [9.17, 15) is 13.2 Å². The normalized spacial score (nSPS) is 18.9. The fraction of sp³-hybridized carbons (Fsp3) is 0.727. The van der Waals surface area contributed by atoms with Gasteiger partial charge in [-0.15, -0.1) is 10.2 Å². The minimum absolute atomic E-state index is 0.127. The molecule has 0 bridgehead atoms. The highest BCUT2D eigenvalue weighted by Gasteiger charge is 2.36. The summed E-state index contributed by atoms with van der Waals surface area (Å²) in [6, 6.07) is 2.11. The lowest BCUT2D eigenvalue weighted by Gasteiger charge is -2.36. The van der Waals surface area contributed by atoms with E-state index in [-0.39, 0.29) is 6.04 Å². The number of nitrogens with zero attached hydrogens (tertiary/aromatic N) is 5. The third-order valence-electron chi connectivity index (χ3n) is 3.22. The van der Waals surface area contributed by atoms with Gasteiger partial charge in [0.15, 0.2) is 0 Å². The van der Waals surface area contributed by atoms with E-state index in [1.165, 1.54) is 0 Å². The van der Waals surface area contributed by atoms with Gasteiger partial charge >= 0.3 is 6.18 Å². The summed E-state index contributed by atoms with van der Waals surface area (Å²) in [5.41, 5.74) is 0. The molecular formula is C11H14F3N5S. The van der Waals surface area contributed by atoms with Crippen molar-refractivity contribution in [3.05, 3.63) is 5.01 Å². The Morgan fingerprint density at radius 2 is 1.95 bits per heavy atom. The molecule has 0 saturated carbocycles. The van der Waals surface area contributed by atoms with E-state index in [0.717, 1.165) is 6.42 Å². The largest absolute Gasteiger partial charge is 0.445 e. The molecule has 1 unspecified atom stereocenters. The lowest BCUT2D eigenvalue weighted by molar-refractivity contribution is -0.138. The molecule has 0 amide bonds. The fourth-order valence-electron chi connectivity index (χ4n) is 2.11. The van der Waals surface area contributed by atoms with Gasteiger partial charge in [-0.3, -0.25) is 4.90 Å². The Morgan fingerprint density at radius 1 is 1.30 bits per heavy atom. The summed E-state index contributed by atoms with van der Waals surface area (Å²) in [6.07, 6.45) is -3.70. The molecule has 0 radical (unpaired) electrons. The van der Waals surface area contributed by atoms with Crippen LogP contribution in [0.15, 0.2) is 0 Å². The smallest absolute Gasteiger partial charge is 0.344 e. The predicted octanol–water partition coefficient (Wildman–Crippen LogP) is 1.98. The average molecular weight is 305 g/mol. The molecule has 0 spiro atoms. The molecule has 1 aliphatic heterocycles. The summed E-state index contributed by atoms with van der Waals surface area (Å²) < 4.78 is 37.4. The first kappa shape index (κ1) is 15.0. The van der Waals surface area contributed by atoms with Crippen molar-refractivity contribution in [3.63, 3.8) is 0 Å². The monoisotopic (exact) mass is 305 g/mol. The van der Waals surface area contributed by atoms with Crippen molar-refractivity contribution < 1.29 is 13.2 Å². The van der Waals surface area contributed by atoms with Crippen LogP contribution < -0.4 is 4.90 Å². The van der Waals surface area contributed by atoms with Gasteiger partial charge in [0.2, 0.25) is 10.1 Å². The maximum atomic E-state index is 12.5. The first-order chi connectivity index (χ1) is 9.45.